The maximum absolute atomic E-state index is 12.5. The van der Waals surface area contributed by atoms with Gasteiger partial charge >= 0.3 is 5.69 Å². The topological polar surface area (TPSA) is 113 Å². The summed E-state index contributed by atoms with van der Waals surface area (Å²) in [6, 6.07) is 2.58. The molecule has 1 saturated carbocycles. The maximum Gasteiger partial charge on any atom is 0.312 e. The maximum atomic E-state index is 12.5. The summed E-state index contributed by atoms with van der Waals surface area (Å²) in [6.07, 6.45) is 5.88. The molecule has 1 aromatic rings. The summed E-state index contributed by atoms with van der Waals surface area (Å²) in [5.41, 5.74) is -0.450. The van der Waals surface area contributed by atoms with Crippen LogP contribution < -0.4 is 0 Å². The number of amides is 2. The fraction of sp³-hybridized carbons (Fsp3) is 0.312. The molecular weight excluding hydrogens is 394 g/mol. The van der Waals surface area contributed by atoms with Crippen LogP contribution in [0.25, 0.3) is 0 Å². The number of aromatic hydroxyl groups is 1. The molecule has 128 valence electrons. The van der Waals surface area contributed by atoms with E-state index < -0.39 is 16.4 Å². The van der Waals surface area contributed by atoms with Crippen molar-refractivity contribution in [1.29, 1.82) is 0 Å². The number of fused-ring (bicyclic) bond motifs is 5. The van der Waals surface area contributed by atoms with Gasteiger partial charge in [-0.05, 0) is 24.3 Å². The highest BCUT2D eigenvalue weighted by atomic mass is 79.9. The van der Waals surface area contributed by atoms with Gasteiger partial charge in [-0.15, -0.1) is 0 Å². The molecule has 2 aliphatic carbocycles. The SMILES string of the molecule is O=C1C2C3C=CC(C3)C2C(=O)N1/N=C/c1cc(Br)cc([N+](=O)[O-])c1O. The van der Waals surface area contributed by atoms with Crippen LogP contribution in [0.15, 0.2) is 33.9 Å². The van der Waals surface area contributed by atoms with Gasteiger partial charge in [0.1, 0.15) is 0 Å². The van der Waals surface area contributed by atoms with Crippen molar-refractivity contribution >= 4 is 39.6 Å². The van der Waals surface area contributed by atoms with E-state index in [1.54, 1.807) is 0 Å². The molecule has 2 bridgehead atoms. The Hall–Kier alpha value is -2.55. The fourth-order valence-corrected chi connectivity index (χ4v) is 4.43. The third-order valence-corrected chi connectivity index (χ3v) is 5.50. The first-order chi connectivity index (χ1) is 11.9. The van der Waals surface area contributed by atoms with Gasteiger partial charge in [0.15, 0.2) is 0 Å². The van der Waals surface area contributed by atoms with Crippen molar-refractivity contribution in [3.05, 3.63) is 44.4 Å². The van der Waals surface area contributed by atoms with E-state index in [9.17, 15) is 24.8 Å². The Balaban J connectivity index is 1.64. The Labute approximate surface area is 150 Å². The van der Waals surface area contributed by atoms with Crippen LogP contribution in [0.4, 0.5) is 5.69 Å². The number of hydrazone groups is 1. The lowest BCUT2D eigenvalue weighted by molar-refractivity contribution is -0.385. The second-order valence-electron chi connectivity index (χ2n) is 6.35. The summed E-state index contributed by atoms with van der Waals surface area (Å²) in [4.78, 5) is 35.3. The van der Waals surface area contributed by atoms with Crippen LogP contribution in [0.3, 0.4) is 0 Å². The predicted octanol–water partition coefficient (Wildman–Crippen LogP) is 2.20. The molecule has 3 aliphatic rings. The van der Waals surface area contributed by atoms with Crippen molar-refractivity contribution in [1.82, 2.24) is 5.01 Å². The Morgan fingerprint density at radius 1 is 1.24 bits per heavy atom. The summed E-state index contributed by atoms with van der Waals surface area (Å²) < 4.78 is 0.372. The average Bonchev–Trinajstić information content (AvgIpc) is 3.23. The summed E-state index contributed by atoms with van der Waals surface area (Å²) >= 11 is 3.12. The Kier molecular flexibility index (Phi) is 3.50. The molecule has 1 aromatic carbocycles. The van der Waals surface area contributed by atoms with Crippen molar-refractivity contribution < 1.29 is 19.6 Å². The molecule has 0 aromatic heterocycles. The van der Waals surface area contributed by atoms with Gasteiger partial charge in [0.25, 0.3) is 11.8 Å². The second-order valence-corrected chi connectivity index (χ2v) is 7.27. The van der Waals surface area contributed by atoms with Gasteiger partial charge in [-0.2, -0.15) is 10.1 Å². The number of imide groups is 1. The Morgan fingerprint density at radius 3 is 2.40 bits per heavy atom. The number of carbonyl (C=O) groups excluding carboxylic acids is 2. The molecule has 1 heterocycles. The van der Waals surface area contributed by atoms with Crippen molar-refractivity contribution in [3.8, 4) is 5.75 Å². The lowest BCUT2D eigenvalue weighted by atomic mass is 9.85. The number of rotatable bonds is 3. The van der Waals surface area contributed by atoms with Crippen LogP contribution in [-0.4, -0.2) is 33.1 Å². The van der Waals surface area contributed by atoms with Gasteiger partial charge < -0.3 is 5.11 Å². The molecule has 2 fully saturated rings. The molecule has 25 heavy (non-hydrogen) atoms. The van der Waals surface area contributed by atoms with Crippen molar-refractivity contribution in [2.24, 2.45) is 28.8 Å². The number of phenols is 1. The second kappa shape index (κ2) is 5.48. The number of nitrogens with zero attached hydrogens (tertiary/aromatic N) is 3. The minimum Gasteiger partial charge on any atom is -0.502 e. The van der Waals surface area contributed by atoms with E-state index in [0.29, 0.717) is 4.47 Å². The molecule has 0 spiro atoms. The number of hydrogen-bond donors (Lipinski definition) is 1. The number of phenolic OH excluding ortho intramolecular Hbond substituents is 1. The van der Waals surface area contributed by atoms with E-state index in [1.165, 1.54) is 6.07 Å². The van der Waals surface area contributed by atoms with Crippen molar-refractivity contribution in [3.63, 3.8) is 0 Å². The molecule has 1 aliphatic heterocycles. The van der Waals surface area contributed by atoms with Gasteiger partial charge in [-0.1, -0.05) is 28.1 Å². The zero-order chi connectivity index (χ0) is 17.9. The molecule has 4 atom stereocenters. The summed E-state index contributed by atoms with van der Waals surface area (Å²) in [7, 11) is 0. The highest BCUT2D eigenvalue weighted by Gasteiger charge is 2.59. The monoisotopic (exact) mass is 405 g/mol. The molecule has 1 saturated heterocycles. The summed E-state index contributed by atoms with van der Waals surface area (Å²) in [5, 5.41) is 25.7. The molecule has 9 heteroatoms. The van der Waals surface area contributed by atoms with Gasteiger partial charge in [0.05, 0.1) is 23.0 Å². The summed E-state index contributed by atoms with van der Waals surface area (Å²) in [5.74, 6) is -1.87. The van der Waals surface area contributed by atoms with Crippen molar-refractivity contribution in [2.45, 2.75) is 6.42 Å². The van der Waals surface area contributed by atoms with Crippen molar-refractivity contribution in [2.75, 3.05) is 0 Å². The Bertz CT molecular complexity index is 851. The molecule has 8 nitrogen and oxygen atoms in total. The fourth-order valence-electron chi connectivity index (χ4n) is 3.96. The third kappa shape index (κ3) is 2.30. The molecule has 4 unspecified atom stereocenters. The third-order valence-electron chi connectivity index (χ3n) is 5.04. The number of carbonyl (C=O) groups is 2. The molecule has 0 radical (unpaired) electrons. The number of hydrogen-bond acceptors (Lipinski definition) is 6. The molecule has 4 rings (SSSR count). The number of halogens is 1. The molecular formula is C16H12BrN3O5. The first-order valence-electron chi connectivity index (χ1n) is 7.65. The van der Waals surface area contributed by atoms with E-state index in [4.69, 9.17) is 0 Å². The number of nitro groups is 1. The smallest absolute Gasteiger partial charge is 0.312 e. The van der Waals surface area contributed by atoms with Gasteiger partial charge in [0, 0.05) is 16.1 Å². The number of benzene rings is 1. The van der Waals surface area contributed by atoms with E-state index in [0.717, 1.165) is 23.7 Å². The summed E-state index contributed by atoms with van der Waals surface area (Å²) in [6.45, 7) is 0. The zero-order valence-electron chi connectivity index (χ0n) is 12.7. The van der Waals surface area contributed by atoms with E-state index in [1.807, 2.05) is 12.2 Å². The lowest BCUT2D eigenvalue weighted by Gasteiger charge is -2.13. The van der Waals surface area contributed by atoms with Gasteiger partial charge in [-0.25, -0.2) is 0 Å². The highest BCUT2D eigenvalue weighted by molar-refractivity contribution is 9.10. The first-order valence-corrected chi connectivity index (χ1v) is 8.45. The quantitative estimate of drug-likeness (QED) is 0.272. The number of nitro benzene ring substituents is 1. The Morgan fingerprint density at radius 2 is 1.84 bits per heavy atom. The van der Waals surface area contributed by atoms with Crippen LogP contribution in [0, 0.1) is 33.8 Å². The van der Waals surface area contributed by atoms with Crippen LogP contribution in [0.5, 0.6) is 5.75 Å². The van der Waals surface area contributed by atoms with E-state index in [-0.39, 0.29) is 41.0 Å². The number of allylic oxidation sites excluding steroid dienone is 2. The zero-order valence-corrected chi connectivity index (χ0v) is 14.3. The lowest BCUT2D eigenvalue weighted by Crippen LogP contribution is -2.28. The van der Waals surface area contributed by atoms with Crippen LogP contribution in [0.1, 0.15) is 12.0 Å². The van der Waals surface area contributed by atoms with E-state index >= 15 is 0 Å². The average molecular weight is 406 g/mol. The molecule has 2 amide bonds. The van der Waals surface area contributed by atoms with Crippen LogP contribution in [-0.2, 0) is 9.59 Å². The first kappa shape index (κ1) is 15.9. The highest BCUT2D eigenvalue weighted by Crippen LogP contribution is 2.52. The largest absolute Gasteiger partial charge is 0.502 e. The normalized spacial score (nSPS) is 29.9. The molecule has 1 N–H and O–H groups in total. The van der Waals surface area contributed by atoms with Gasteiger partial charge in [0.2, 0.25) is 5.75 Å². The van der Waals surface area contributed by atoms with Gasteiger partial charge in [-0.3, -0.25) is 19.7 Å². The standard InChI is InChI=1S/C16H12BrN3O5/c17-10-4-9(14(21)11(5-10)20(24)25)6-18-19-15(22)12-7-1-2-8(3-7)13(12)16(19)23/h1-2,4-8,12-13,21H,3H2/b18-6+. The minimum atomic E-state index is -0.725. The van der Waals surface area contributed by atoms with E-state index in [2.05, 4.69) is 21.0 Å². The predicted molar refractivity (Wildman–Crippen MR) is 89.6 cm³/mol. The van der Waals surface area contributed by atoms with Crippen LogP contribution >= 0.6 is 15.9 Å². The minimum absolute atomic E-state index is 0.0415. The van der Waals surface area contributed by atoms with Crippen LogP contribution in [0.2, 0.25) is 0 Å².